The lowest BCUT2D eigenvalue weighted by molar-refractivity contribution is 0.0980. The monoisotopic (exact) mass is 549 g/mol. The third-order valence-corrected chi connectivity index (χ3v) is 7.76. The Morgan fingerprint density at radius 1 is 1.00 bits per heavy atom. The number of likely N-dealkylation sites (N-methyl/N-ethyl adjacent to an activating group) is 1. The van der Waals surface area contributed by atoms with Crippen LogP contribution in [0.2, 0.25) is 0 Å². The Morgan fingerprint density at radius 3 is 2.60 bits per heavy atom. The number of rotatable bonds is 7. The molecule has 5 rings (SSSR count). The number of carbonyl (C=O) groups excluding carboxylic acids is 1. The SMILES string of the molecule is CCN(CC)CCN(C(=O)c1cc2c(ccc3ccccc32)oc1=O)c1nc2ccc(Br)cc2s1. The Labute approximate surface area is 214 Å². The van der Waals surface area contributed by atoms with E-state index in [1.165, 1.54) is 11.3 Å². The smallest absolute Gasteiger partial charge is 0.349 e. The fourth-order valence-electron chi connectivity index (χ4n) is 4.23. The van der Waals surface area contributed by atoms with E-state index in [1.54, 1.807) is 17.0 Å². The van der Waals surface area contributed by atoms with Crippen LogP contribution in [0.4, 0.5) is 5.13 Å². The summed E-state index contributed by atoms with van der Waals surface area (Å²) in [6.45, 7) is 7.00. The Hall–Kier alpha value is -3.07. The molecule has 0 spiro atoms. The van der Waals surface area contributed by atoms with Gasteiger partial charge >= 0.3 is 5.63 Å². The zero-order valence-electron chi connectivity index (χ0n) is 19.5. The molecule has 0 fully saturated rings. The van der Waals surface area contributed by atoms with Gasteiger partial charge in [-0.3, -0.25) is 9.69 Å². The van der Waals surface area contributed by atoms with E-state index in [4.69, 9.17) is 9.40 Å². The Balaban J connectivity index is 1.62. The van der Waals surface area contributed by atoms with Crippen molar-refractivity contribution in [1.29, 1.82) is 0 Å². The predicted octanol–water partition coefficient (Wildman–Crippen LogP) is 6.31. The zero-order valence-corrected chi connectivity index (χ0v) is 21.9. The Kier molecular flexibility index (Phi) is 6.69. The summed E-state index contributed by atoms with van der Waals surface area (Å²) in [5, 5.41) is 3.25. The number of fused-ring (bicyclic) bond motifs is 4. The number of hydrogen-bond donors (Lipinski definition) is 0. The molecule has 0 radical (unpaired) electrons. The lowest BCUT2D eigenvalue weighted by Crippen LogP contribution is -2.40. The molecule has 0 bridgehead atoms. The third kappa shape index (κ3) is 4.61. The molecule has 5 aromatic rings. The molecule has 0 N–H and O–H groups in total. The normalized spacial score (nSPS) is 11.7. The van der Waals surface area contributed by atoms with Crippen molar-refractivity contribution < 1.29 is 9.21 Å². The summed E-state index contributed by atoms with van der Waals surface area (Å²) < 4.78 is 7.53. The first-order valence-electron chi connectivity index (χ1n) is 11.5. The number of halogens is 1. The second-order valence-electron chi connectivity index (χ2n) is 8.24. The molecule has 35 heavy (non-hydrogen) atoms. The van der Waals surface area contributed by atoms with Crippen molar-refractivity contribution in [3.8, 4) is 0 Å². The lowest BCUT2D eigenvalue weighted by atomic mass is 10.0. The number of thiazole rings is 1. The molecule has 2 aromatic heterocycles. The first kappa shape index (κ1) is 23.7. The molecule has 0 saturated heterocycles. The molecule has 0 saturated carbocycles. The molecule has 0 unspecified atom stereocenters. The van der Waals surface area contributed by atoms with E-state index < -0.39 is 11.5 Å². The molecule has 0 atom stereocenters. The highest BCUT2D eigenvalue weighted by Gasteiger charge is 2.25. The van der Waals surface area contributed by atoms with Crippen LogP contribution in [0, 0.1) is 0 Å². The highest BCUT2D eigenvalue weighted by Crippen LogP contribution is 2.32. The molecule has 6 nitrogen and oxygen atoms in total. The van der Waals surface area contributed by atoms with Gasteiger partial charge in [0, 0.05) is 22.9 Å². The van der Waals surface area contributed by atoms with Crippen LogP contribution >= 0.6 is 27.3 Å². The van der Waals surface area contributed by atoms with E-state index in [0.29, 0.717) is 23.8 Å². The third-order valence-electron chi connectivity index (χ3n) is 6.22. The van der Waals surface area contributed by atoms with Gasteiger partial charge in [0.1, 0.15) is 11.1 Å². The number of anilines is 1. The summed E-state index contributed by atoms with van der Waals surface area (Å²) >= 11 is 4.94. The van der Waals surface area contributed by atoms with E-state index >= 15 is 0 Å². The topological polar surface area (TPSA) is 66.7 Å². The summed E-state index contributed by atoms with van der Waals surface area (Å²) in [6, 6.07) is 19.0. The van der Waals surface area contributed by atoms with Crippen LogP contribution in [0.3, 0.4) is 0 Å². The van der Waals surface area contributed by atoms with Crippen molar-refractivity contribution >= 4 is 70.3 Å². The average Bonchev–Trinajstić information content (AvgIpc) is 3.28. The summed E-state index contributed by atoms with van der Waals surface area (Å²) in [6.07, 6.45) is 0. The Bertz CT molecular complexity index is 1610. The standard InChI is InChI=1S/C27H24BrN3O3S/c1-3-30(4-2)13-14-31(27-29-22-11-10-18(28)15-24(22)35-27)25(32)21-16-20-19-8-6-5-7-17(19)9-12-23(20)34-26(21)33/h5-12,15-16H,3-4,13-14H2,1-2H3. The highest BCUT2D eigenvalue weighted by molar-refractivity contribution is 9.10. The molecule has 178 valence electrons. The van der Waals surface area contributed by atoms with Gasteiger partial charge in [0.05, 0.1) is 10.2 Å². The van der Waals surface area contributed by atoms with Crippen LogP contribution in [0.25, 0.3) is 32.0 Å². The molecule has 0 aliphatic carbocycles. The van der Waals surface area contributed by atoms with Gasteiger partial charge in [0.2, 0.25) is 0 Å². The van der Waals surface area contributed by atoms with Crippen LogP contribution in [-0.2, 0) is 0 Å². The van der Waals surface area contributed by atoms with E-state index in [1.807, 2.05) is 48.5 Å². The second kappa shape index (κ2) is 9.89. The molecule has 0 aliphatic rings. The quantitative estimate of drug-likeness (QED) is 0.176. The summed E-state index contributed by atoms with van der Waals surface area (Å²) in [7, 11) is 0. The molecule has 8 heteroatoms. The maximum absolute atomic E-state index is 13.9. The van der Waals surface area contributed by atoms with Gasteiger partial charge in [0.15, 0.2) is 5.13 Å². The van der Waals surface area contributed by atoms with E-state index in [9.17, 15) is 9.59 Å². The average molecular weight is 550 g/mol. The van der Waals surface area contributed by atoms with Gasteiger partial charge in [-0.1, -0.05) is 71.4 Å². The molecule has 3 aromatic carbocycles. The summed E-state index contributed by atoms with van der Waals surface area (Å²) in [5.41, 5.74) is 0.637. The number of aromatic nitrogens is 1. The maximum atomic E-state index is 13.9. The second-order valence-corrected chi connectivity index (χ2v) is 10.2. The largest absolute Gasteiger partial charge is 0.422 e. The number of nitrogens with zero attached hydrogens (tertiary/aromatic N) is 3. The van der Waals surface area contributed by atoms with E-state index in [0.717, 1.165) is 43.9 Å². The first-order valence-corrected chi connectivity index (χ1v) is 13.2. The molecule has 2 heterocycles. The number of amides is 1. The van der Waals surface area contributed by atoms with Crippen molar-refractivity contribution in [1.82, 2.24) is 9.88 Å². The fraction of sp³-hybridized carbons (Fsp3) is 0.222. The number of benzene rings is 3. The lowest BCUT2D eigenvalue weighted by Gasteiger charge is -2.24. The van der Waals surface area contributed by atoms with Gasteiger partial charge in [0.25, 0.3) is 5.91 Å². The van der Waals surface area contributed by atoms with Crippen LogP contribution in [0.15, 0.2) is 74.3 Å². The molecular weight excluding hydrogens is 526 g/mol. The number of carbonyl (C=O) groups is 1. The molecule has 0 aliphatic heterocycles. The zero-order chi connectivity index (χ0) is 24.5. The Morgan fingerprint density at radius 2 is 1.80 bits per heavy atom. The van der Waals surface area contributed by atoms with Crippen molar-refractivity contribution in [3.05, 3.63) is 81.1 Å². The summed E-state index contributed by atoms with van der Waals surface area (Å²) in [4.78, 5) is 35.4. The van der Waals surface area contributed by atoms with Crippen molar-refractivity contribution in [3.63, 3.8) is 0 Å². The minimum absolute atomic E-state index is 0.00818. The van der Waals surface area contributed by atoms with Crippen molar-refractivity contribution in [2.45, 2.75) is 13.8 Å². The van der Waals surface area contributed by atoms with Gasteiger partial charge in [-0.25, -0.2) is 9.78 Å². The maximum Gasteiger partial charge on any atom is 0.349 e. The van der Waals surface area contributed by atoms with Gasteiger partial charge in [-0.05, 0) is 54.2 Å². The van der Waals surface area contributed by atoms with Crippen LogP contribution < -0.4 is 10.5 Å². The minimum atomic E-state index is -0.644. The van der Waals surface area contributed by atoms with Gasteiger partial charge in [-0.2, -0.15) is 0 Å². The molecule has 1 amide bonds. The van der Waals surface area contributed by atoms with E-state index in [-0.39, 0.29) is 5.56 Å². The van der Waals surface area contributed by atoms with Gasteiger partial charge < -0.3 is 9.32 Å². The van der Waals surface area contributed by atoms with E-state index in [2.05, 4.69) is 34.7 Å². The number of hydrogen-bond acceptors (Lipinski definition) is 6. The highest BCUT2D eigenvalue weighted by atomic mass is 79.9. The van der Waals surface area contributed by atoms with Crippen LogP contribution in [0.5, 0.6) is 0 Å². The summed E-state index contributed by atoms with van der Waals surface area (Å²) in [5.74, 6) is -0.404. The minimum Gasteiger partial charge on any atom is -0.422 e. The van der Waals surface area contributed by atoms with Crippen molar-refractivity contribution in [2.24, 2.45) is 0 Å². The van der Waals surface area contributed by atoms with Gasteiger partial charge in [-0.15, -0.1) is 0 Å². The first-order chi connectivity index (χ1) is 17.0. The van der Waals surface area contributed by atoms with Crippen LogP contribution in [0.1, 0.15) is 24.2 Å². The van der Waals surface area contributed by atoms with Crippen LogP contribution in [-0.4, -0.2) is 42.0 Å². The van der Waals surface area contributed by atoms with Crippen molar-refractivity contribution in [2.75, 3.05) is 31.1 Å². The fourth-order valence-corrected chi connectivity index (χ4v) is 5.77. The predicted molar refractivity (Wildman–Crippen MR) is 147 cm³/mol. The molecular formula is C27H24BrN3O3S.